The molecule has 0 spiro atoms. The van der Waals surface area contributed by atoms with Gasteiger partial charge in [0.05, 0.1) is 16.4 Å². The second-order valence-electron chi connectivity index (χ2n) is 9.32. The summed E-state index contributed by atoms with van der Waals surface area (Å²) in [6, 6.07) is 6.10. The maximum atomic E-state index is 13.3. The lowest BCUT2D eigenvalue weighted by Crippen LogP contribution is -2.42. The van der Waals surface area contributed by atoms with E-state index in [-0.39, 0.29) is 11.8 Å². The average molecular weight is 511 g/mol. The monoisotopic (exact) mass is 510 g/mol. The van der Waals surface area contributed by atoms with E-state index in [4.69, 9.17) is 4.98 Å². The van der Waals surface area contributed by atoms with Crippen LogP contribution < -0.4 is 5.32 Å². The van der Waals surface area contributed by atoms with Gasteiger partial charge in [0, 0.05) is 49.9 Å². The maximum absolute atomic E-state index is 13.3. The molecule has 1 saturated heterocycles. The molecule has 1 aliphatic heterocycles. The van der Waals surface area contributed by atoms with Gasteiger partial charge in [-0.1, -0.05) is 31.7 Å². The molecule has 1 atom stereocenters. The van der Waals surface area contributed by atoms with Crippen molar-refractivity contribution in [1.29, 1.82) is 0 Å². The fourth-order valence-electron chi connectivity index (χ4n) is 5.19. The molecule has 1 N–H and O–H groups in total. The Bertz CT molecular complexity index is 1090. The van der Waals surface area contributed by atoms with Crippen molar-refractivity contribution in [3.8, 4) is 0 Å². The zero-order valence-corrected chi connectivity index (χ0v) is 20.5. The molecule has 3 aromatic heterocycles. The number of piperidine rings is 1. The largest absolute Gasteiger partial charge is 0.366 e. The van der Waals surface area contributed by atoms with Crippen LogP contribution in [0.1, 0.15) is 68.5 Å². The summed E-state index contributed by atoms with van der Waals surface area (Å²) in [6.07, 6.45) is 14.5. The molecule has 2 aliphatic rings. The summed E-state index contributed by atoms with van der Waals surface area (Å²) in [7, 11) is 0. The van der Waals surface area contributed by atoms with Gasteiger partial charge in [0.25, 0.3) is 0 Å². The minimum Gasteiger partial charge on any atom is -0.366 e. The Labute approximate surface area is 203 Å². The topological polar surface area (TPSA) is 75.4 Å². The van der Waals surface area contributed by atoms with Gasteiger partial charge in [0.2, 0.25) is 5.91 Å². The highest BCUT2D eigenvalue weighted by Crippen LogP contribution is 2.32. The second-order valence-corrected chi connectivity index (χ2v) is 10.2. The summed E-state index contributed by atoms with van der Waals surface area (Å²) in [4.78, 5) is 24.6. The van der Waals surface area contributed by atoms with E-state index in [2.05, 4.69) is 48.4 Å². The third kappa shape index (κ3) is 5.05. The summed E-state index contributed by atoms with van der Waals surface area (Å²) in [6.45, 7) is 2.28. The lowest BCUT2D eigenvalue weighted by atomic mass is 9.92. The van der Waals surface area contributed by atoms with Gasteiger partial charge in [0.15, 0.2) is 5.65 Å². The highest BCUT2D eigenvalue weighted by molar-refractivity contribution is 9.10. The van der Waals surface area contributed by atoms with Gasteiger partial charge < -0.3 is 10.2 Å². The number of fused-ring (bicyclic) bond motifs is 1. The molecule has 1 unspecified atom stereocenters. The van der Waals surface area contributed by atoms with E-state index in [1.165, 1.54) is 25.7 Å². The van der Waals surface area contributed by atoms with Crippen LogP contribution in [0.5, 0.6) is 0 Å². The number of halogens is 1. The van der Waals surface area contributed by atoms with E-state index in [9.17, 15) is 4.79 Å². The maximum Gasteiger partial charge on any atom is 0.225 e. The van der Waals surface area contributed by atoms with Crippen LogP contribution in [0.25, 0.3) is 5.65 Å². The van der Waals surface area contributed by atoms with Crippen molar-refractivity contribution in [1.82, 2.24) is 24.5 Å². The first kappa shape index (κ1) is 22.3. The van der Waals surface area contributed by atoms with E-state index in [1.54, 1.807) is 12.4 Å². The minimum absolute atomic E-state index is 0.211. The van der Waals surface area contributed by atoms with E-state index in [0.29, 0.717) is 12.5 Å². The normalized spacial score (nSPS) is 20.0. The van der Waals surface area contributed by atoms with Crippen molar-refractivity contribution in [3.63, 3.8) is 0 Å². The highest BCUT2D eigenvalue weighted by Gasteiger charge is 2.31. The van der Waals surface area contributed by atoms with Crippen LogP contribution in [-0.4, -0.2) is 43.5 Å². The molecule has 33 heavy (non-hydrogen) atoms. The summed E-state index contributed by atoms with van der Waals surface area (Å²) in [5, 5.41) is 8.00. The number of anilines is 1. The first-order chi connectivity index (χ1) is 16.2. The molecule has 1 saturated carbocycles. The molecule has 4 heterocycles. The molecule has 2 fully saturated rings. The number of hydrogen-bond donors (Lipinski definition) is 1. The smallest absolute Gasteiger partial charge is 0.225 e. The predicted molar refractivity (Wildman–Crippen MR) is 132 cm³/mol. The number of carbonyl (C=O) groups excluding carboxylic acids is 1. The number of nitrogens with one attached hydrogen (secondary N) is 1. The molecule has 5 rings (SSSR count). The number of nitrogens with zero attached hydrogens (tertiary/aromatic N) is 5. The van der Waals surface area contributed by atoms with Crippen LogP contribution in [0.3, 0.4) is 0 Å². The number of amides is 1. The lowest BCUT2D eigenvalue weighted by molar-refractivity contribution is -0.137. The molecule has 0 aromatic carbocycles. The highest BCUT2D eigenvalue weighted by atomic mass is 79.9. The summed E-state index contributed by atoms with van der Waals surface area (Å²) >= 11 is 3.60. The number of likely N-dealkylation sites (tertiary alicyclic amines) is 1. The average Bonchev–Trinajstić information content (AvgIpc) is 3.06. The Morgan fingerprint density at radius 1 is 1.12 bits per heavy atom. The molecule has 0 radical (unpaired) electrons. The van der Waals surface area contributed by atoms with Crippen LogP contribution in [-0.2, 0) is 11.3 Å². The number of hydrogen-bond acceptors (Lipinski definition) is 5. The van der Waals surface area contributed by atoms with Gasteiger partial charge in [-0.05, 0) is 53.2 Å². The minimum atomic E-state index is 0.211. The van der Waals surface area contributed by atoms with E-state index < -0.39 is 0 Å². The fraction of sp³-hybridized carbons (Fsp3) is 0.520. The summed E-state index contributed by atoms with van der Waals surface area (Å²) in [5.74, 6) is 1.71. The summed E-state index contributed by atoms with van der Waals surface area (Å²) in [5.41, 5.74) is 2.93. The number of pyridine rings is 1. The van der Waals surface area contributed by atoms with E-state index >= 15 is 0 Å². The van der Waals surface area contributed by atoms with Crippen LogP contribution in [0.4, 0.5) is 5.82 Å². The molecule has 0 bridgehead atoms. The van der Waals surface area contributed by atoms with Crippen LogP contribution in [0, 0.1) is 5.92 Å². The molecule has 7 nitrogen and oxygen atoms in total. The first-order valence-electron chi connectivity index (χ1n) is 12.1. The van der Waals surface area contributed by atoms with Crippen molar-refractivity contribution in [3.05, 3.63) is 52.5 Å². The first-order valence-corrected chi connectivity index (χ1v) is 12.9. The predicted octanol–water partition coefficient (Wildman–Crippen LogP) is 5.18. The van der Waals surface area contributed by atoms with Crippen molar-refractivity contribution >= 4 is 33.3 Å². The zero-order valence-electron chi connectivity index (χ0n) is 18.9. The standard InChI is InChI=1S/C25H31BrN6O/c26-21-16-29-32-23(28-15-18-7-5-11-27-14-18)13-22(30-24(21)32)20-10-6-12-31(17-20)25(33)19-8-3-1-2-4-9-19/h5,7,11,13-14,16,19-20,28H,1-4,6,8-10,12,15,17H2. The molecule has 1 aliphatic carbocycles. The Morgan fingerprint density at radius 3 is 2.76 bits per heavy atom. The molecule has 8 heteroatoms. The van der Waals surface area contributed by atoms with Gasteiger partial charge in [-0.2, -0.15) is 9.61 Å². The molecular formula is C25H31BrN6O. The van der Waals surface area contributed by atoms with Crippen molar-refractivity contribution in [2.24, 2.45) is 5.92 Å². The Kier molecular flexibility index (Phi) is 6.90. The van der Waals surface area contributed by atoms with Crippen molar-refractivity contribution in [2.75, 3.05) is 18.4 Å². The Morgan fingerprint density at radius 2 is 1.97 bits per heavy atom. The molecule has 1 amide bonds. The Hall–Kier alpha value is -2.48. The van der Waals surface area contributed by atoms with Gasteiger partial charge in [-0.15, -0.1) is 0 Å². The lowest BCUT2D eigenvalue weighted by Gasteiger charge is -2.35. The third-order valence-corrected chi connectivity index (χ3v) is 7.56. The van der Waals surface area contributed by atoms with Gasteiger partial charge in [-0.3, -0.25) is 9.78 Å². The molecule has 3 aromatic rings. The van der Waals surface area contributed by atoms with Crippen molar-refractivity contribution in [2.45, 2.75) is 63.8 Å². The fourth-order valence-corrected chi connectivity index (χ4v) is 5.54. The number of aromatic nitrogens is 4. The van der Waals surface area contributed by atoms with Crippen LogP contribution >= 0.6 is 15.9 Å². The number of carbonyl (C=O) groups is 1. The molecule has 174 valence electrons. The Balaban J connectivity index is 1.37. The van der Waals surface area contributed by atoms with Gasteiger partial charge in [0.1, 0.15) is 5.82 Å². The second kappa shape index (κ2) is 10.2. The van der Waals surface area contributed by atoms with E-state index in [0.717, 1.165) is 66.0 Å². The van der Waals surface area contributed by atoms with Gasteiger partial charge in [-0.25, -0.2) is 4.98 Å². The van der Waals surface area contributed by atoms with Gasteiger partial charge >= 0.3 is 0 Å². The number of rotatable bonds is 5. The third-order valence-electron chi connectivity index (χ3n) is 7.00. The van der Waals surface area contributed by atoms with Crippen molar-refractivity contribution < 1.29 is 4.79 Å². The molecular weight excluding hydrogens is 480 g/mol. The zero-order chi connectivity index (χ0) is 22.6. The van der Waals surface area contributed by atoms with Crippen LogP contribution in [0.2, 0.25) is 0 Å². The van der Waals surface area contributed by atoms with E-state index in [1.807, 2.05) is 16.8 Å². The summed E-state index contributed by atoms with van der Waals surface area (Å²) < 4.78 is 2.71. The quantitative estimate of drug-likeness (QED) is 0.478. The SMILES string of the molecule is O=C(C1CCCCCC1)N1CCCC(c2cc(NCc3cccnc3)n3ncc(Br)c3n2)C1. The van der Waals surface area contributed by atoms with Crippen LogP contribution in [0.15, 0.2) is 41.3 Å².